The summed E-state index contributed by atoms with van der Waals surface area (Å²) in [6.45, 7) is 1.22. The van der Waals surface area contributed by atoms with Gasteiger partial charge in [0.2, 0.25) is 5.91 Å². The van der Waals surface area contributed by atoms with Crippen molar-refractivity contribution >= 4 is 27.5 Å². The van der Waals surface area contributed by atoms with Gasteiger partial charge in [-0.25, -0.2) is 4.98 Å². The number of anilines is 1. The summed E-state index contributed by atoms with van der Waals surface area (Å²) in [5.41, 5.74) is 0.648. The maximum Gasteiger partial charge on any atom is 0.433 e. The van der Waals surface area contributed by atoms with Gasteiger partial charge in [-0.3, -0.25) is 4.79 Å². The van der Waals surface area contributed by atoms with Crippen molar-refractivity contribution in [2.75, 3.05) is 18.0 Å². The van der Waals surface area contributed by atoms with E-state index < -0.39 is 11.9 Å². The number of hydrogen-bond acceptors (Lipinski definition) is 3. The summed E-state index contributed by atoms with van der Waals surface area (Å²) in [5.74, 6) is -0.0651. The third-order valence-corrected chi connectivity index (χ3v) is 4.76. The van der Waals surface area contributed by atoms with Crippen LogP contribution >= 0.6 is 15.9 Å². The van der Waals surface area contributed by atoms with Gasteiger partial charge in [0.25, 0.3) is 0 Å². The van der Waals surface area contributed by atoms with E-state index in [9.17, 15) is 18.0 Å². The molecule has 1 atom stereocenters. The van der Waals surface area contributed by atoms with Crippen molar-refractivity contribution in [2.24, 2.45) is 0 Å². The highest BCUT2D eigenvalue weighted by Gasteiger charge is 2.32. The fraction of sp³-hybridized carbons (Fsp3) is 0.333. The largest absolute Gasteiger partial charge is 0.433 e. The van der Waals surface area contributed by atoms with Crippen LogP contribution in [0.1, 0.15) is 17.7 Å². The van der Waals surface area contributed by atoms with Crippen LogP contribution in [0.5, 0.6) is 0 Å². The van der Waals surface area contributed by atoms with Crippen molar-refractivity contribution in [3.8, 4) is 0 Å². The van der Waals surface area contributed by atoms with Crippen LogP contribution in [-0.4, -0.2) is 30.0 Å². The van der Waals surface area contributed by atoms with Gasteiger partial charge >= 0.3 is 6.18 Å². The molecule has 1 N–H and O–H groups in total. The second-order valence-corrected chi connectivity index (χ2v) is 7.12. The van der Waals surface area contributed by atoms with E-state index in [4.69, 9.17) is 0 Å². The maximum atomic E-state index is 12.6. The van der Waals surface area contributed by atoms with E-state index in [1.54, 1.807) is 0 Å². The normalized spacial score (nSPS) is 17.4. The Labute approximate surface area is 157 Å². The van der Waals surface area contributed by atoms with Gasteiger partial charge in [0, 0.05) is 23.6 Å². The van der Waals surface area contributed by atoms with Gasteiger partial charge in [0.05, 0.1) is 18.3 Å². The van der Waals surface area contributed by atoms with Crippen LogP contribution in [0.3, 0.4) is 0 Å². The summed E-state index contributed by atoms with van der Waals surface area (Å²) in [6.07, 6.45) is -2.17. The zero-order valence-corrected chi connectivity index (χ0v) is 15.3. The number of amides is 1. The molecule has 1 amide bonds. The second kappa shape index (κ2) is 7.65. The van der Waals surface area contributed by atoms with Crippen molar-refractivity contribution in [3.05, 3.63) is 58.3 Å². The molecule has 1 aliphatic rings. The number of benzene rings is 1. The van der Waals surface area contributed by atoms with Crippen LogP contribution in [0.15, 0.2) is 47.1 Å². The first kappa shape index (κ1) is 18.7. The van der Waals surface area contributed by atoms with Gasteiger partial charge in [-0.2, -0.15) is 13.2 Å². The number of rotatable bonds is 4. The Morgan fingerprint density at radius 2 is 1.96 bits per heavy atom. The third kappa shape index (κ3) is 4.75. The van der Waals surface area contributed by atoms with Gasteiger partial charge in [0.15, 0.2) is 0 Å². The van der Waals surface area contributed by atoms with Crippen LogP contribution in [-0.2, 0) is 17.4 Å². The molecule has 1 aliphatic heterocycles. The standard InChI is InChI=1S/C18H17BrF3N3O/c19-13-3-1-12(2-4-13)9-17(26)24-14-7-8-25(11-14)15-5-6-16(23-10-15)18(20,21)22/h1-6,10,14H,7-9,11H2,(H,24,26). The molecular weight excluding hydrogens is 411 g/mol. The fourth-order valence-corrected chi connectivity index (χ4v) is 3.18. The predicted molar refractivity (Wildman–Crippen MR) is 95.8 cm³/mol. The van der Waals surface area contributed by atoms with Crippen molar-refractivity contribution in [1.29, 1.82) is 0 Å². The molecule has 0 radical (unpaired) electrons. The minimum atomic E-state index is -4.44. The monoisotopic (exact) mass is 427 g/mol. The Morgan fingerprint density at radius 3 is 2.58 bits per heavy atom. The average molecular weight is 428 g/mol. The number of pyridine rings is 1. The molecule has 0 saturated carbocycles. The minimum absolute atomic E-state index is 0.0276. The lowest BCUT2D eigenvalue weighted by atomic mass is 10.1. The van der Waals surface area contributed by atoms with Crippen LogP contribution < -0.4 is 10.2 Å². The first-order valence-corrected chi connectivity index (χ1v) is 8.92. The molecule has 2 aromatic rings. The summed E-state index contributed by atoms with van der Waals surface area (Å²) >= 11 is 3.35. The molecule has 1 aromatic carbocycles. The lowest BCUT2D eigenvalue weighted by molar-refractivity contribution is -0.141. The molecule has 0 spiro atoms. The number of alkyl halides is 3. The van der Waals surface area contributed by atoms with E-state index >= 15 is 0 Å². The minimum Gasteiger partial charge on any atom is -0.368 e. The van der Waals surface area contributed by atoms with Gasteiger partial charge in [-0.1, -0.05) is 28.1 Å². The third-order valence-electron chi connectivity index (χ3n) is 4.23. The zero-order chi connectivity index (χ0) is 18.7. The van der Waals surface area contributed by atoms with Crippen molar-refractivity contribution in [3.63, 3.8) is 0 Å². The zero-order valence-electron chi connectivity index (χ0n) is 13.8. The molecule has 0 bridgehead atoms. The number of halogens is 4. The Kier molecular flexibility index (Phi) is 5.50. The summed E-state index contributed by atoms with van der Waals surface area (Å²) in [4.78, 5) is 17.6. The van der Waals surface area contributed by atoms with Crippen molar-refractivity contribution in [2.45, 2.75) is 25.1 Å². The number of carbonyl (C=O) groups is 1. The first-order chi connectivity index (χ1) is 12.3. The number of nitrogens with zero attached hydrogens (tertiary/aromatic N) is 2. The molecule has 1 fully saturated rings. The van der Waals surface area contributed by atoms with Crippen LogP contribution in [0.4, 0.5) is 18.9 Å². The quantitative estimate of drug-likeness (QED) is 0.806. The highest BCUT2D eigenvalue weighted by Crippen LogP contribution is 2.29. The second-order valence-electron chi connectivity index (χ2n) is 6.20. The van der Waals surface area contributed by atoms with E-state index in [1.165, 1.54) is 12.3 Å². The average Bonchev–Trinajstić information content (AvgIpc) is 3.04. The molecule has 8 heteroatoms. The summed E-state index contributed by atoms with van der Waals surface area (Å²) in [6, 6.07) is 9.92. The van der Waals surface area contributed by atoms with Crippen LogP contribution in [0.25, 0.3) is 0 Å². The van der Waals surface area contributed by atoms with Gasteiger partial charge in [0.1, 0.15) is 5.69 Å². The van der Waals surface area contributed by atoms with Crippen molar-refractivity contribution in [1.82, 2.24) is 10.3 Å². The van der Waals surface area contributed by atoms with E-state index in [2.05, 4.69) is 26.2 Å². The van der Waals surface area contributed by atoms with E-state index in [0.717, 1.165) is 22.5 Å². The molecule has 0 aliphatic carbocycles. The molecule has 1 unspecified atom stereocenters. The van der Waals surface area contributed by atoms with E-state index in [-0.39, 0.29) is 11.9 Å². The van der Waals surface area contributed by atoms with Gasteiger partial charge in [-0.15, -0.1) is 0 Å². The molecule has 1 saturated heterocycles. The lowest BCUT2D eigenvalue weighted by Gasteiger charge is -2.19. The molecule has 4 nitrogen and oxygen atoms in total. The number of aromatic nitrogens is 1. The summed E-state index contributed by atoms with van der Waals surface area (Å²) < 4.78 is 38.7. The van der Waals surface area contributed by atoms with Gasteiger partial charge in [-0.05, 0) is 36.2 Å². The fourth-order valence-electron chi connectivity index (χ4n) is 2.92. The Bertz CT molecular complexity index is 763. The Hall–Kier alpha value is -2.09. The van der Waals surface area contributed by atoms with Crippen LogP contribution in [0, 0.1) is 0 Å². The highest BCUT2D eigenvalue weighted by atomic mass is 79.9. The number of nitrogens with one attached hydrogen (secondary N) is 1. The first-order valence-electron chi connectivity index (χ1n) is 8.13. The molecular formula is C18H17BrF3N3O. The molecule has 2 heterocycles. The summed E-state index contributed by atoms with van der Waals surface area (Å²) in [7, 11) is 0. The van der Waals surface area contributed by atoms with Gasteiger partial charge < -0.3 is 10.2 Å². The SMILES string of the molecule is O=C(Cc1ccc(Br)cc1)NC1CCN(c2ccc(C(F)(F)F)nc2)C1. The van der Waals surface area contributed by atoms with Crippen LogP contribution in [0.2, 0.25) is 0 Å². The predicted octanol–water partition coefficient (Wildman–Crippen LogP) is 3.80. The molecule has 1 aromatic heterocycles. The lowest BCUT2D eigenvalue weighted by Crippen LogP contribution is -2.38. The number of hydrogen-bond donors (Lipinski definition) is 1. The smallest absolute Gasteiger partial charge is 0.368 e. The summed E-state index contributed by atoms with van der Waals surface area (Å²) in [5, 5.41) is 2.98. The molecule has 26 heavy (non-hydrogen) atoms. The van der Waals surface area contributed by atoms with E-state index in [1.807, 2.05) is 29.2 Å². The highest BCUT2D eigenvalue weighted by molar-refractivity contribution is 9.10. The number of carbonyl (C=O) groups excluding carboxylic acids is 1. The maximum absolute atomic E-state index is 12.6. The van der Waals surface area contributed by atoms with E-state index in [0.29, 0.717) is 25.2 Å². The van der Waals surface area contributed by atoms with Crippen molar-refractivity contribution < 1.29 is 18.0 Å². The Morgan fingerprint density at radius 1 is 1.23 bits per heavy atom. The molecule has 138 valence electrons. The topological polar surface area (TPSA) is 45.2 Å². The molecule has 3 rings (SSSR count). The Balaban J connectivity index is 1.53.